The third-order valence-electron chi connectivity index (χ3n) is 2.97. The Kier molecular flexibility index (Phi) is 3.23. The van der Waals surface area contributed by atoms with Crippen LogP contribution >= 0.6 is 0 Å². The molecular weight excluding hydrogens is 234 g/mol. The molecule has 0 amide bonds. The quantitative estimate of drug-likeness (QED) is 0.761. The van der Waals surface area contributed by atoms with Crippen LogP contribution in [0.3, 0.4) is 0 Å². The lowest BCUT2D eigenvalue weighted by molar-refractivity contribution is 0.464. The number of nitrogens with zero attached hydrogens (tertiary/aromatic N) is 1. The lowest BCUT2D eigenvalue weighted by atomic mass is 10.2. The van der Waals surface area contributed by atoms with E-state index in [4.69, 9.17) is 6.42 Å². The number of sulfonamides is 1. The van der Waals surface area contributed by atoms with Crippen molar-refractivity contribution in [1.29, 1.82) is 0 Å². The molecule has 0 aromatic heterocycles. The second-order valence-electron chi connectivity index (χ2n) is 4.28. The molecule has 0 radical (unpaired) electrons. The topological polar surface area (TPSA) is 37.4 Å². The monoisotopic (exact) mass is 249 g/mol. The maximum absolute atomic E-state index is 12.2. The van der Waals surface area contributed by atoms with E-state index in [0.717, 1.165) is 18.4 Å². The van der Waals surface area contributed by atoms with Crippen LogP contribution in [0.1, 0.15) is 18.4 Å². The van der Waals surface area contributed by atoms with Gasteiger partial charge in [-0.1, -0.05) is 12.1 Å². The fourth-order valence-electron chi connectivity index (χ4n) is 1.70. The molecule has 90 valence electrons. The van der Waals surface area contributed by atoms with Crippen LogP contribution < -0.4 is 0 Å². The van der Waals surface area contributed by atoms with Gasteiger partial charge in [-0.05, 0) is 30.5 Å². The molecule has 0 saturated heterocycles. The van der Waals surface area contributed by atoms with Crippen LogP contribution in [0.5, 0.6) is 0 Å². The van der Waals surface area contributed by atoms with Crippen molar-refractivity contribution in [2.75, 3.05) is 7.05 Å². The van der Waals surface area contributed by atoms with Crippen molar-refractivity contribution < 1.29 is 8.42 Å². The van der Waals surface area contributed by atoms with Crippen molar-refractivity contribution in [3.8, 4) is 12.3 Å². The van der Waals surface area contributed by atoms with E-state index < -0.39 is 10.0 Å². The summed E-state index contributed by atoms with van der Waals surface area (Å²) in [5.41, 5.74) is 0.959. The fraction of sp³-hybridized carbons (Fsp3) is 0.385. The Balaban J connectivity index is 2.24. The number of benzene rings is 1. The van der Waals surface area contributed by atoms with E-state index in [2.05, 4.69) is 5.92 Å². The normalized spacial score (nSPS) is 15.8. The minimum atomic E-state index is -3.33. The molecular formula is C13H15NO2S. The van der Waals surface area contributed by atoms with Crippen LogP contribution in [0.25, 0.3) is 0 Å². The zero-order valence-corrected chi connectivity index (χ0v) is 10.6. The van der Waals surface area contributed by atoms with E-state index in [1.807, 2.05) is 0 Å². The third kappa shape index (κ3) is 2.51. The predicted molar refractivity (Wildman–Crippen MR) is 66.9 cm³/mol. The number of hydrogen-bond donors (Lipinski definition) is 0. The highest BCUT2D eigenvalue weighted by atomic mass is 32.2. The van der Waals surface area contributed by atoms with Gasteiger partial charge in [-0.3, -0.25) is 0 Å². The SMILES string of the molecule is C#CCc1ccc(S(=O)(=O)N(C)C2CC2)cc1. The van der Waals surface area contributed by atoms with Crippen LogP contribution in [0.15, 0.2) is 29.2 Å². The first-order valence-corrected chi connectivity index (χ1v) is 7.00. The van der Waals surface area contributed by atoms with Crippen molar-refractivity contribution in [3.05, 3.63) is 29.8 Å². The molecule has 0 heterocycles. The van der Waals surface area contributed by atoms with Crippen molar-refractivity contribution >= 4 is 10.0 Å². The average Bonchev–Trinajstić information content (AvgIpc) is 3.13. The van der Waals surface area contributed by atoms with Gasteiger partial charge in [0, 0.05) is 19.5 Å². The second kappa shape index (κ2) is 4.52. The molecule has 1 saturated carbocycles. The molecule has 17 heavy (non-hydrogen) atoms. The molecule has 1 aliphatic rings. The van der Waals surface area contributed by atoms with Crippen molar-refractivity contribution in [2.45, 2.75) is 30.2 Å². The Morgan fingerprint density at radius 1 is 1.35 bits per heavy atom. The van der Waals surface area contributed by atoms with Gasteiger partial charge in [-0.25, -0.2) is 8.42 Å². The van der Waals surface area contributed by atoms with Crippen LogP contribution in [0.2, 0.25) is 0 Å². The lowest BCUT2D eigenvalue weighted by Gasteiger charge is -2.16. The van der Waals surface area contributed by atoms with E-state index in [9.17, 15) is 8.42 Å². The van der Waals surface area contributed by atoms with E-state index in [1.54, 1.807) is 31.3 Å². The largest absolute Gasteiger partial charge is 0.243 e. The van der Waals surface area contributed by atoms with Crippen molar-refractivity contribution in [2.24, 2.45) is 0 Å². The predicted octanol–water partition coefficient (Wildman–Crippen LogP) is 1.65. The summed E-state index contributed by atoms with van der Waals surface area (Å²) in [5, 5.41) is 0. The Hall–Kier alpha value is -1.31. The van der Waals surface area contributed by atoms with Gasteiger partial charge >= 0.3 is 0 Å². The molecule has 1 aromatic carbocycles. The number of terminal acetylenes is 1. The Labute approximate surface area is 103 Å². The highest BCUT2D eigenvalue weighted by molar-refractivity contribution is 7.89. The second-order valence-corrected chi connectivity index (χ2v) is 6.27. The summed E-state index contributed by atoms with van der Waals surface area (Å²) >= 11 is 0. The van der Waals surface area contributed by atoms with Gasteiger partial charge in [0.25, 0.3) is 0 Å². The van der Waals surface area contributed by atoms with Crippen LogP contribution in [-0.4, -0.2) is 25.8 Å². The average molecular weight is 249 g/mol. The molecule has 1 aromatic rings. The van der Waals surface area contributed by atoms with Gasteiger partial charge in [0.1, 0.15) is 0 Å². The maximum atomic E-state index is 12.2. The van der Waals surface area contributed by atoms with E-state index in [-0.39, 0.29) is 6.04 Å². The summed E-state index contributed by atoms with van der Waals surface area (Å²) in [6.45, 7) is 0. The molecule has 4 heteroatoms. The molecule has 0 bridgehead atoms. The molecule has 0 aliphatic heterocycles. The van der Waals surface area contributed by atoms with Gasteiger partial charge in [-0.2, -0.15) is 4.31 Å². The summed E-state index contributed by atoms with van der Waals surface area (Å²) < 4.78 is 25.8. The van der Waals surface area contributed by atoms with Crippen LogP contribution in [0.4, 0.5) is 0 Å². The minimum absolute atomic E-state index is 0.186. The van der Waals surface area contributed by atoms with Crippen molar-refractivity contribution in [3.63, 3.8) is 0 Å². The number of rotatable bonds is 4. The molecule has 0 N–H and O–H groups in total. The van der Waals surface area contributed by atoms with E-state index in [1.165, 1.54) is 4.31 Å². The first-order valence-electron chi connectivity index (χ1n) is 5.56. The molecule has 2 rings (SSSR count). The summed E-state index contributed by atoms with van der Waals surface area (Å²) in [6, 6.07) is 6.98. The molecule has 0 spiro atoms. The van der Waals surface area contributed by atoms with E-state index >= 15 is 0 Å². The standard InChI is InChI=1S/C13H15NO2S/c1-3-4-11-5-9-13(10-6-11)17(15,16)14(2)12-7-8-12/h1,5-6,9-10,12H,4,7-8H2,2H3. The highest BCUT2D eigenvalue weighted by Crippen LogP contribution is 2.30. The maximum Gasteiger partial charge on any atom is 0.243 e. The van der Waals surface area contributed by atoms with Gasteiger partial charge in [0.15, 0.2) is 0 Å². The first-order chi connectivity index (χ1) is 8.05. The number of hydrogen-bond acceptors (Lipinski definition) is 2. The van der Waals surface area contributed by atoms with Gasteiger partial charge in [0.2, 0.25) is 10.0 Å². The smallest absolute Gasteiger partial charge is 0.207 e. The fourth-order valence-corrected chi connectivity index (χ4v) is 3.11. The summed E-state index contributed by atoms with van der Waals surface area (Å²) in [5.74, 6) is 2.53. The summed E-state index contributed by atoms with van der Waals surface area (Å²) in [7, 11) is -1.68. The Morgan fingerprint density at radius 3 is 2.41 bits per heavy atom. The highest BCUT2D eigenvalue weighted by Gasteiger charge is 2.34. The lowest BCUT2D eigenvalue weighted by Crippen LogP contribution is -2.28. The van der Waals surface area contributed by atoms with Gasteiger partial charge < -0.3 is 0 Å². The molecule has 1 aliphatic carbocycles. The zero-order valence-electron chi connectivity index (χ0n) is 9.76. The molecule has 3 nitrogen and oxygen atoms in total. The molecule has 0 unspecified atom stereocenters. The van der Waals surface area contributed by atoms with Gasteiger partial charge in [0.05, 0.1) is 4.90 Å². The van der Waals surface area contributed by atoms with Crippen LogP contribution in [-0.2, 0) is 16.4 Å². The Bertz CT molecular complexity index is 536. The molecule has 1 fully saturated rings. The van der Waals surface area contributed by atoms with Crippen LogP contribution in [0, 0.1) is 12.3 Å². The summed E-state index contributed by atoms with van der Waals surface area (Å²) in [6.07, 6.45) is 7.66. The first kappa shape index (κ1) is 12.2. The van der Waals surface area contributed by atoms with Gasteiger partial charge in [-0.15, -0.1) is 12.3 Å². The molecule has 0 atom stereocenters. The van der Waals surface area contributed by atoms with Crippen molar-refractivity contribution in [1.82, 2.24) is 4.31 Å². The van der Waals surface area contributed by atoms with E-state index in [0.29, 0.717) is 11.3 Å². The zero-order chi connectivity index (χ0) is 12.5. The summed E-state index contributed by atoms with van der Waals surface area (Å²) in [4.78, 5) is 0.340. The Morgan fingerprint density at radius 2 is 1.94 bits per heavy atom. The third-order valence-corrected chi connectivity index (χ3v) is 4.89. The minimum Gasteiger partial charge on any atom is -0.207 e.